The van der Waals surface area contributed by atoms with E-state index < -0.39 is 48.6 Å². The predicted octanol–water partition coefficient (Wildman–Crippen LogP) is -3.20. The maximum Gasteiger partial charge on any atom is 0.278 e. The molecule has 0 aliphatic carbocycles. The van der Waals surface area contributed by atoms with Gasteiger partial charge in [0, 0.05) is 0 Å². The van der Waals surface area contributed by atoms with Crippen LogP contribution in [-0.4, -0.2) is 42.2 Å². The Morgan fingerprint density at radius 1 is 1.14 bits per heavy atom. The fourth-order valence-corrected chi connectivity index (χ4v) is 4.34. The van der Waals surface area contributed by atoms with E-state index in [1.807, 2.05) is 0 Å². The van der Waals surface area contributed by atoms with Crippen molar-refractivity contribution in [2.24, 2.45) is 0 Å². The van der Waals surface area contributed by atoms with E-state index in [1.165, 1.54) is 11.9 Å². The van der Waals surface area contributed by atoms with Crippen molar-refractivity contribution in [3.8, 4) is 0 Å². The topological polar surface area (TPSA) is 204 Å². The first-order valence-electron chi connectivity index (χ1n) is 5.49. The zero-order valence-electron chi connectivity index (χ0n) is 11.2. The van der Waals surface area contributed by atoms with Crippen LogP contribution < -0.4 is 19.6 Å². The Morgan fingerprint density at radius 2 is 1.68 bits per heavy atom. The molecule has 22 heavy (non-hydrogen) atoms. The van der Waals surface area contributed by atoms with Gasteiger partial charge >= 0.3 is 0 Å². The second-order valence-electron chi connectivity index (χ2n) is 4.15. The van der Waals surface area contributed by atoms with Crippen LogP contribution >= 0.6 is 23.5 Å². The molecule has 1 N–H and O–H groups in total. The van der Waals surface area contributed by atoms with Crippen LogP contribution in [0.25, 0.3) is 0 Å². The third-order valence-electron chi connectivity index (χ3n) is 2.49. The van der Waals surface area contributed by atoms with E-state index in [2.05, 4.69) is 13.1 Å². The van der Waals surface area contributed by atoms with Gasteiger partial charge in [-0.25, -0.2) is 4.31 Å². The fourth-order valence-electron chi connectivity index (χ4n) is 1.47. The summed E-state index contributed by atoms with van der Waals surface area (Å²) < 4.78 is 47.9. The SMILES string of the molecule is CC1OC(COP(=O)([O-])OP(=O)([O-])OP(=O)([O-])[O-])C(O)N1C. The van der Waals surface area contributed by atoms with E-state index in [9.17, 15) is 38.4 Å². The summed E-state index contributed by atoms with van der Waals surface area (Å²) in [5.41, 5.74) is 0. The Labute approximate surface area is 124 Å². The molecule has 0 aromatic rings. The molecule has 0 spiro atoms. The summed E-state index contributed by atoms with van der Waals surface area (Å²) in [6, 6.07) is 0. The van der Waals surface area contributed by atoms with E-state index in [0.29, 0.717) is 0 Å². The van der Waals surface area contributed by atoms with Gasteiger partial charge < -0.3 is 38.5 Å². The lowest BCUT2D eigenvalue weighted by molar-refractivity contribution is -0.339. The number of phosphoric acid groups is 3. The van der Waals surface area contributed by atoms with Crippen molar-refractivity contribution in [3.05, 3.63) is 0 Å². The van der Waals surface area contributed by atoms with E-state index in [0.717, 1.165) is 0 Å². The molecule has 1 aliphatic heterocycles. The number of likely N-dealkylation sites (N-methyl/N-ethyl adjacent to an activating group) is 1. The molecule has 0 bridgehead atoms. The molecule has 1 rings (SSSR count). The van der Waals surface area contributed by atoms with Gasteiger partial charge in [0.05, 0.1) is 14.4 Å². The molecule has 0 saturated carbocycles. The minimum Gasteiger partial charge on any atom is -0.790 e. The first kappa shape index (κ1) is 20.3. The van der Waals surface area contributed by atoms with Gasteiger partial charge in [0.2, 0.25) is 0 Å². The number of phosphoric ester groups is 1. The van der Waals surface area contributed by atoms with Gasteiger partial charge in [0.15, 0.2) is 0 Å². The quantitative estimate of drug-likeness (QED) is 0.431. The van der Waals surface area contributed by atoms with Crippen LogP contribution in [0.4, 0.5) is 0 Å². The maximum atomic E-state index is 11.2. The predicted molar refractivity (Wildman–Crippen MR) is 59.0 cm³/mol. The Bertz CT molecular complexity index is 533. The monoisotopic (exact) mass is 383 g/mol. The second-order valence-corrected chi connectivity index (χ2v) is 8.40. The van der Waals surface area contributed by atoms with Crippen LogP contribution in [0.3, 0.4) is 0 Å². The Morgan fingerprint density at radius 3 is 2.09 bits per heavy atom. The van der Waals surface area contributed by atoms with Crippen LogP contribution in [0.2, 0.25) is 0 Å². The molecule has 5 atom stereocenters. The van der Waals surface area contributed by atoms with Gasteiger partial charge in [-0.15, -0.1) is 0 Å². The maximum absolute atomic E-state index is 11.2. The molecule has 5 unspecified atom stereocenters. The van der Waals surface area contributed by atoms with Crippen molar-refractivity contribution in [2.75, 3.05) is 13.7 Å². The third-order valence-corrected chi connectivity index (χ3v) is 6.16. The van der Waals surface area contributed by atoms with Gasteiger partial charge in [-0.2, -0.15) is 0 Å². The average molecular weight is 383 g/mol. The van der Waals surface area contributed by atoms with Crippen molar-refractivity contribution >= 4 is 23.5 Å². The van der Waals surface area contributed by atoms with E-state index in [4.69, 9.17) is 4.74 Å². The normalized spacial score (nSPS) is 32.6. The molecule has 1 aliphatic rings. The van der Waals surface area contributed by atoms with E-state index in [-0.39, 0.29) is 0 Å². The summed E-state index contributed by atoms with van der Waals surface area (Å²) in [5, 5.41) is 9.64. The Hall–Kier alpha value is 0.290. The summed E-state index contributed by atoms with van der Waals surface area (Å²) in [5.74, 6) is 0. The highest BCUT2D eigenvalue weighted by Gasteiger charge is 2.37. The molecule has 1 saturated heterocycles. The summed E-state index contributed by atoms with van der Waals surface area (Å²) in [6.45, 7) is 0.735. The van der Waals surface area contributed by atoms with Gasteiger partial charge in [-0.3, -0.25) is 18.3 Å². The molecule has 0 aromatic heterocycles. The molecule has 1 heterocycles. The van der Waals surface area contributed by atoms with Crippen molar-refractivity contribution in [2.45, 2.75) is 25.5 Å². The summed E-state index contributed by atoms with van der Waals surface area (Å²) >= 11 is 0. The Kier molecular flexibility index (Phi) is 6.51. The number of aliphatic hydroxyl groups excluding tert-OH is 1. The molecule has 0 aromatic carbocycles. The fraction of sp³-hybridized carbons (Fsp3) is 1.00. The van der Waals surface area contributed by atoms with Gasteiger partial charge in [0.25, 0.3) is 15.6 Å². The summed E-state index contributed by atoms with van der Waals surface area (Å²) in [4.78, 5) is 43.7. The van der Waals surface area contributed by atoms with Crippen molar-refractivity contribution in [1.29, 1.82) is 0 Å². The van der Waals surface area contributed by atoms with Gasteiger partial charge in [0.1, 0.15) is 18.6 Å². The molecule has 1 fully saturated rings. The molecule has 0 radical (unpaired) electrons. The highest BCUT2D eigenvalue weighted by atomic mass is 31.3. The largest absolute Gasteiger partial charge is 0.790 e. The number of hydrogen-bond donors (Lipinski definition) is 1. The van der Waals surface area contributed by atoms with E-state index >= 15 is 0 Å². The first-order chi connectivity index (χ1) is 9.72. The standard InChI is InChI=1S/C6H16NO12P3/c1-4-7(2)6(8)5(17-4)3-16-21(12,13)19-22(14,15)18-20(9,10)11/h4-6,8H,3H2,1-2H3,(H,12,13)(H,14,15)(H2,9,10,11)/p-4. The number of rotatable bonds is 7. The van der Waals surface area contributed by atoms with Crippen LogP contribution in [0.5, 0.6) is 0 Å². The Balaban J connectivity index is 2.60. The molecular formula is C6H12NO12P3-4. The number of nitrogens with zero attached hydrogens (tertiary/aromatic N) is 1. The molecule has 13 nitrogen and oxygen atoms in total. The third kappa shape index (κ3) is 6.42. The lowest BCUT2D eigenvalue weighted by Crippen LogP contribution is -2.36. The molecule has 0 amide bonds. The van der Waals surface area contributed by atoms with Crippen LogP contribution in [-0.2, 0) is 31.6 Å². The zero-order chi connectivity index (χ0) is 17.3. The minimum absolute atomic E-state index is 0.559. The minimum atomic E-state index is -6.03. The lowest BCUT2D eigenvalue weighted by atomic mass is 10.3. The van der Waals surface area contributed by atoms with Crippen LogP contribution in [0.15, 0.2) is 0 Å². The smallest absolute Gasteiger partial charge is 0.278 e. The van der Waals surface area contributed by atoms with E-state index in [1.54, 1.807) is 6.92 Å². The van der Waals surface area contributed by atoms with Gasteiger partial charge in [-0.05, 0) is 14.0 Å². The summed E-state index contributed by atoms with van der Waals surface area (Å²) in [7, 11) is -16.1. The van der Waals surface area contributed by atoms with Gasteiger partial charge in [-0.1, -0.05) is 0 Å². The molecular weight excluding hydrogens is 371 g/mol. The average Bonchev–Trinajstić information content (AvgIpc) is 2.49. The number of ether oxygens (including phenoxy) is 1. The number of hydrogen-bond acceptors (Lipinski definition) is 13. The zero-order valence-corrected chi connectivity index (χ0v) is 13.8. The first-order valence-corrected chi connectivity index (χ1v) is 9.87. The highest BCUT2D eigenvalue weighted by Crippen LogP contribution is 2.60. The van der Waals surface area contributed by atoms with Crippen LogP contribution in [0, 0.1) is 0 Å². The highest BCUT2D eigenvalue weighted by molar-refractivity contribution is 7.64. The van der Waals surface area contributed by atoms with Crippen molar-refractivity contribution in [3.63, 3.8) is 0 Å². The van der Waals surface area contributed by atoms with Crippen LogP contribution in [0.1, 0.15) is 6.92 Å². The summed E-state index contributed by atoms with van der Waals surface area (Å²) in [6.07, 6.45) is -2.92. The molecule has 132 valence electrons. The molecule has 16 heteroatoms. The van der Waals surface area contributed by atoms with Crippen molar-refractivity contribution < 1.29 is 56.3 Å². The second kappa shape index (κ2) is 7.04. The number of aliphatic hydroxyl groups is 1. The lowest BCUT2D eigenvalue weighted by Gasteiger charge is -2.37. The van der Waals surface area contributed by atoms with Crippen molar-refractivity contribution in [1.82, 2.24) is 4.90 Å².